The first-order chi connectivity index (χ1) is 3.18. The van der Waals surface area contributed by atoms with Crippen molar-refractivity contribution >= 4 is 16.8 Å². The topological polar surface area (TPSA) is 12.4 Å². The molecule has 0 fully saturated rings. The van der Waals surface area contributed by atoms with Gasteiger partial charge in [-0.15, -0.1) is 0 Å². The predicted molar refractivity (Wildman–Crippen MR) is 29.5 cm³/mol. The van der Waals surface area contributed by atoms with Crippen LogP contribution in [0.25, 0.3) is 0 Å². The molecule has 0 unspecified atom stereocenters. The number of hydrogen-bond acceptors (Lipinski definition) is 1. The fourth-order valence-electron chi connectivity index (χ4n) is 0.121. The normalized spacial score (nSPS) is 11.6. The summed E-state index contributed by atoms with van der Waals surface area (Å²) < 4.78 is 11.6. The third kappa shape index (κ3) is 2.34. The van der Waals surface area contributed by atoms with Gasteiger partial charge in [-0.1, -0.05) is 18.2 Å². The molecule has 0 radical (unpaired) electrons. The third-order valence-corrected chi connectivity index (χ3v) is 0.794. The van der Waals surface area contributed by atoms with Crippen molar-refractivity contribution < 1.29 is 4.39 Å². The van der Waals surface area contributed by atoms with Gasteiger partial charge in [0.2, 0.25) is 0 Å². The van der Waals surface area contributed by atoms with Gasteiger partial charge in [0.25, 0.3) is 0 Å². The average molecular weight is 122 g/mol. The maximum atomic E-state index is 11.6. The number of nitrogens with zero attached hydrogens (tertiary/aromatic N) is 1. The Labute approximate surface area is 46.5 Å². The monoisotopic (exact) mass is 121 g/mol. The largest absolute Gasteiger partial charge is 0.274 e. The summed E-state index contributed by atoms with van der Waals surface area (Å²) in [5.74, 6) is -0.691. The van der Waals surface area contributed by atoms with Gasteiger partial charge in [-0.25, -0.2) is 4.39 Å². The molecular formula is C4H5ClFN. The Morgan fingerprint density at radius 1 is 1.86 bits per heavy atom. The van der Waals surface area contributed by atoms with Crippen LogP contribution in [0.1, 0.15) is 0 Å². The van der Waals surface area contributed by atoms with Crippen LogP contribution in [-0.4, -0.2) is 12.2 Å². The van der Waals surface area contributed by atoms with Crippen LogP contribution in [0.5, 0.6) is 0 Å². The van der Waals surface area contributed by atoms with Crippen molar-refractivity contribution in [2.75, 3.05) is 7.05 Å². The second-order valence-electron chi connectivity index (χ2n) is 0.919. The quantitative estimate of drug-likeness (QED) is 0.469. The molecular weight excluding hydrogens is 117 g/mol. The van der Waals surface area contributed by atoms with Gasteiger partial charge in [-0.2, -0.15) is 0 Å². The minimum Gasteiger partial charge on any atom is -0.274 e. The van der Waals surface area contributed by atoms with Crippen LogP contribution in [0.3, 0.4) is 0 Å². The summed E-state index contributed by atoms with van der Waals surface area (Å²) in [5, 5.41) is -0.167. The molecule has 0 aromatic carbocycles. The zero-order valence-electron chi connectivity index (χ0n) is 3.91. The van der Waals surface area contributed by atoms with Crippen molar-refractivity contribution in [3.8, 4) is 0 Å². The minimum absolute atomic E-state index is 0.167. The van der Waals surface area contributed by atoms with Crippen molar-refractivity contribution in [3.63, 3.8) is 0 Å². The highest BCUT2D eigenvalue weighted by molar-refractivity contribution is 6.69. The van der Waals surface area contributed by atoms with E-state index in [1.165, 1.54) is 7.05 Å². The molecule has 0 N–H and O–H groups in total. The maximum absolute atomic E-state index is 11.6. The Morgan fingerprint density at radius 3 is 2.29 bits per heavy atom. The first-order valence-corrected chi connectivity index (χ1v) is 2.03. The van der Waals surface area contributed by atoms with E-state index in [9.17, 15) is 4.39 Å². The fraction of sp³-hybridized carbons (Fsp3) is 0.250. The van der Waals surface area contributed by atoms with Crippen molar-refractivity contribution in [3.05, 3.63) is 12.4 Å². The highest BCUT2D eigenvalue weighted by atomic mass is 35.5. The van der Waals surface area contributed by atoms with E-state index < -0.39 is 5.83 Å². The van der Waals surface area contributed by atoms with Crippen LogP contribution in [0.4, 0.5) is 4.39 Å². The van der Waals surface area contributed by atoms with Crippen molar-refractivity contribution in [1.82, 2.24) is 0 Å². The highest BCUT2D eigenvalue weighted by Crippen LogP contribution is 1.98. The Balaban J connectivity index is 3.82. The van der Waals surface area contributed by atoms with Crippen LogP contribution in [-0.2, 0) is 0 Å². The van der Waals surface area contributed by atoms with Crippen molar-refractivity contribution in [1.29, 1.82) is 0 Å². The smallest absolute Gasteiger partial charge is 0.158 e. The Kier molecular flexibility index (Phi) is 2.60. The summed E-state index contributed by atoms with van der Waals surface area (Å²) in [5.41, 5.74) is 0. The predicted octanol–water partition coefficient (Wildman–Crippen LogP) is 1.74. The van der Waals surface area contributed by atoms with Crippen molar-refractivity contribution in [2.45, 2.75) is 0 Å². The Bertz CT molecular complexity index is 108. The third-order valence-electron chi connectivity index (χ3n) is 0.420. The van der Waals surface area contributed by atoms with Crippen LogP contribution in [0.2, 0.25) is 0 Å². The van der Waals surface area contributed by atoms with E-state index in [0.717, 1.165) is 0 Å². The second kappa shape index (κ2) is 2.75. The van der Waals surface area contributed by atoms with E-state index >= 15 is 0 Å². The van der Waals surface area contributed by atoms with E-state index in [2.05, 4.69) is 11.6 Å². The average Bonchev–Trinajstić information content (AvgIpc) is 1.65. The molecule has 0 bridgehead atoms. The Hall–Kier alpha value is -0.370. The Morgan fingerprint density at radius 2 is 2.29 bits per heavy atom. The molecule has 40 valence electrons. The molecule has 0 aliphatic heterocycles. The van der Waals surface area contributed by atoms with Gasteiger partial charge in [0.1, 0.15) is 0 Å². The molecule has 0 spiro atoms. The number of allylic oxidation sites excluding steroid dienone is 1. The van der Waals surface area contributed by atoms with E-state index in [1.807, 2.05) is 0 Å². The lowest BCUT2D eigenvalue weighted by Gasteiger charge is -1.83. The van der Waals surface area contributed by atoms with Gasteiger partial charge >= 0.3 is 0 Å². The molecule has 0 saturated carbocycles. The van der Waals surface area contributed by atoms with E-state index in [1.54, 1.807) is 0 Å². The lowest BCUT2D eigenvalue weighted by Crippen LogP contribution is -1.82. The summed E-state index contributed by atoms with van der Waals surface area (Å²) >= 11 is 5.08. The molecule has 0 aromatic rings. The van der Waals surface area contributed by atoms with Gasteiger partial charge < -0.3 is 0 Å². The second-order valence-corrected chi connectivity index (χ2v) is 1.28. The number of rotatable bonds is 1. The van der Waals surface area contributed by atoms with Gasteiger partial charge in [-0.3, -0.25) is 4.99 Å². The molecule has 7 heavy (non-hydrogen) atoms. The van der Waals surface area contributed by atoms with Crippen LogP contribution in [0, 0.1) is 0 Å². The van der Waals surface area contributed by atoms with Gasteiger partial charge in [0.15, 0.2) is 11.0 Å². The summed E-state index contributed by atoms with van der Waals surface area (Å²) in [4.78, 5) is 3.30. The summed E-state index contributed by atoms with van der Waals surface area (Å²) in [6.07, 6.45) is 0. The van der Waals surface area contributed by atoms with Gasteiger partial charge in [0, 0.05) is 7.05 Å². The van der Waals surface area contributed by atoms with Gasteiger partial charge in [0.05, 0.1) is 0 Å². The molecule has 0 aliphatic carbocycles. The first kappa shape index (κ1) is 6.63. The van der Waals surface area contributed by atoms with Crippen LogP contribution < -0.4 is 0 Å². The number of aliphatic imine (C=N–C) groups is 1. The minimum atomic E-state index is -0.691. The molecule has 0 aliphatic rings. The molecule has 1 nitrogen and oxygen atoms in total. The maximum Gasteiger partial charge on any atom is 0.158 e. The zero-order chi connectivity index (χ0) is 5.86. The molecule has 0 atom stereocenters. The van der Waals surface area contributed by atoms with Crippen LogP contribution in [0.15, 0.2) is 17.4 Å². The van der Waals surface area contributed by atoms with Crippen LogP contribution >= 0.6 is 11.6 Å². The molecule has 0 heterocycles. The lowest BCUT2D eigenvalue weighted by molar-refractivity contribution is 0.688. The van der Waals surface area contributed by atoms with E-state index in [4.69, 9.17) is 11.6 Å². The summed E-state index contributed by atoms with van der Waals surface area (Å²) in [7, 11) is 1.40. The SMILES string of the molecule is C=C(F)C(Cl)=NC. The van der Waals surface area contributed by atoms with E-state index in [0.29, 0.717) is 0 Å². The van der Waals surface area contributed by atoms with Crippen molar-refractivity contribution in [2.24, 2.45) is 4.99 Å². The summed E-state index contributed by atoms with van der Waals surface area (Å²) in [6, 6.07) is 0. The molecule has 3 heteroatoms. The standard InChI is InChI=1S/C4H5ClFN/c1-3(6)4(5)7-2/h1H2,2H3. The van der Waals surface area contributed by atoms with E-state index in [-0.39, 0.29) is 5.17 Å². The number of hydrogen-bond donors (Lipinski definition) is 0. The fourth-order valence-corrected chi connectivity index (χ4v) is 0.121. The lowest BCUT2D eigenvalue weighted by atomic mass is 10.6. The highest BCUT2D eigenvalue weighted by Gasteiger charge is 1.92. The molecule has 0 aromatic heterocycles. The molecule has 0 amide bonds. The zero-order valence-corrected chi connectivity index (χ0v) is 4.67. The number of halogens is 2. The molecule has 0 rings (SSSR count). The molecule has 0 saturated heterocycles. The first-order valence-electron chi connectivity index (χ1n) is 1.65. The van der Waals surface area contributed by atoms with Gasteiger partial charge in [-0.05, 0) is 0 Å². The summed E-state index contributed by atoms with van der Waals surface area (Å²) in [6.45, 7) is 2.90.